The van der Waals surface area contributed by atoms with Crippen LogP contribution in [0.4, 0.5) is 0 Å². The molecule has 3 rings (SSSR count). The summed E-state index contributed by atoms with van der Waals surface area (Å²) in [5.41, 5.74) is 6.52. The first kappa shape index (κ1) is 14.2. The van der Waals surface area contributed by atoms with Gasteiger partial charge in [0.1, 0.15) is 5.75 Å². The van der Waals surface area contributed by atoms with E-state index in [1.165, 1.54) is 11.8 Å². The quantitative estimate of drug-likeness (QED) is 0.902. The predicted molar refractivity (Wildman–Crippen MR) is 83.2 cm³/mol. The van der Waals surface area contributed by atoms with Crippen LogP contribution in [0.3, 0.4) is 0 Å². The molecule has 0 aliphatic carbocycles. The number of thiazole rings is 1. The molecular formula is C14H14N2O3S2. The summed E-state index contributed by atoms with van der Waals surface area (Å²) >= 11 is 2.63. The van der Waals surface area contributed by atoms with Gasteiger partial charge in [0.15, 0.2) is 0 Å². The summed E-state index contributed by atoms with van der Waals surface area (Å²) < 4.78 is 5.16. The number of aromatic nitrogens is 1. The SMILES string of the molecule is COc1ccc([C@@H]2c3sc(=O)[nH]c3SC[C@H]2C(N)=O)cc1. The highest BCUT2D eigenvalue weighted by Crippen LogP contribution is 2.45. The lowest BCUT2D eigenvalue weighted by Crippen LogP contribution is -2.33. The number of rotatable bonds is 3. The molecule has 5 nitrogen and oxygen atoms in total. The zero-order chi connectivity index (χ0) is 15.0. The van der Waals surface area contributed by atoms with Gasteiger partial charge in [0.05, 0.1) is 18.1 Å². The van der Waals surface area contributed by atoms with E-state index in [0.29, 0.717) is 5.75 Å². The van der Waals surface area contributed by atoms with Crippen LogP contribution in [0.2, 0.25) is 0 Å². The van der Waals surface area contributed by atoms with Gasteiger partial charge in [-0.05, 0) is 17.7 Å². The summed E-state index contributed by atoms with van der Waals surface area (Å²) in [5, 5.41) is 0.850. The number of amides is 1. The molecular weight excluding hydrogens is 308 g/mol. The summed E-state index contributed by atoms with van der Waals surface area (Å²) in [4.78, 5) is 27.0. The van der Waals surface area contributed by atoms with E-state index in [2.05, 4.69) is 4.98 Å². The average molecular weight is 322 g/mol. The minimum Gasteiger partial charge on any atom is -0.497 e. The number of ether oxygens (including phenoxy) is 1. The highest BCUT2D eigenvalue weighted by Gasteiger charge is 2.37. The number of benzene rings is 1. The number of hydrogen-bond donors (Lipinski definition) is 2. The van der Waals surface area contributed by atoms with Gasteiger partial charge in [-0.2, -0.15) is 0 Å². The zero-order valence-electron chi connectivity index (χ0n) is 11.3. The number of fused-ring (bicyclic) bond motifs is 1. The Morgan fingerprint density at radius 3 is 2.71 bits per heavy atom. The molecule has 1 aromatic heterocycles. The third kappa shape index (κ3) is 2.58. The fourth-order valence-corrected chi connectivity index (χ4v) is 4.96. The molecule has 2 atom stereocenters. The van der Waals surface area contributed by atoms with Crippen LogP contribution in [0.25, 0.3) is 0 Å². The van der Waals surface area contributed by atoms with E-state index in [4.69, 9.17) is 10.5 Å². The van der Waals surface area contributed by atoms with Crippen LogP contribution in [-0.4, -0.2) is 23.8 Å². The Morgan fingerprint density at radius 2 is 2.10 bits per heavy atom. The van der Waals surface area contributed by atoms with Crippen LogP contribution >= 0.6 is 23.1 Å². The second-order valence-electron chi connectivity index (χ2n) is 4.78. The first-order valence-corrected chi connectivity index (χ1v) is 8.19. The Labute approximate surface area is 129 Å². The van der Waals surface area contributed by atoms with Gasteiger partial charge in [-0.25, -0.2) is 0 Å². The molecule has 0 saturated carbocycles. The van der Waals surface area contributed by atoms with Gasteiger partial charge in [-0.3, -0.25) is 9.59 Å². The molecule has 0 saturated heterocycles. The third-order valence-corrected chi connectivity index (χ3v) is 5.81. The smallest absolute Gasteiger partial charge is 0.305 e. The molecule has 0 radical (unpaired) electrons. The van der Waals surface area contributed by atoms with Crippen molar-refractivity contribution in [1.82, 2.24) is 4.98 Å². The second-order valence-corrected chi connectivity index (χ2v) is 6.82. The fraction of sp³-hybridized carbons (Fsp3) is 0.286. The lowest BCUT2D eigenvalue weighted by molar-refractivity contribution is -0.121. The lowest BCUT2D eigenvalue weighted by atomic mass is 9.85. The molecule has 21 heavy (non-hydrogen) atoms. The van der Waals surface area contributed by atoms with Crippen molar-refractivity contribution in [3.05, 3.63) is 44.4 Å². The summed E-state index contributed by atoms with van der Waals surface area (Å²) in [7, 11) is 1.61. The van der Waals surface area contributed by atoms with Crippen molar-refractivity contribution in [2.24, 2.45) is 11.7 Å². The molecule has 0 spiro atoms. The fourth-order valence-electron chi connectivity index (χ4n) is 2.53. The molecule has 1 aliphatic rings. The number of methoxy groups -OCH3 is 1. The maximum Gasteiger partial charge on any atom is 0.305 e. The van der Waals surface area contributed by atoms with Crippen LogP contribution in [0.15, 0.2) is 34.1 Å². The van der Waals surface area contributed by atoms with Gasteiger partial charge >= 0.3 is 4.87 Å². The van der Waals surface area contributed by atoms with Gasteiger partial charge in [-0.15, -0.1) is 11.8 Å². The van der Waals surface area contributed by atoms with E-state index in [1.807, 2.05) is 24.3 Å². The van der Waals surface area contributed by atoms with E-state index in [1.54, 1.807) is 7.11 Å². The predicted octanol–water partition coefficient (Wildman–Crippen LogP) is 1.78. The summed E-state index contributed by atoms with van der Waals surface area (Å²) in [5.74, 6) is 0.499. The minimum atomic E-state index is -0.338. The van der Waals surface area contributed by atoms with Gasteiger partial charge < -0.3 is 15.5 Å². The van der Waals surface area contributed by atoms with Crippen molar-refractivity contribution in [2.75, 3.05) is 12.9 Å². The highest BCUT2D eigenvalue weighted by molar-refractivity contribution is 7.99. The van der Waals surface area contributed by atoms with E-state index < -0.39 is 0 Å². The van der Waals surface area contributed by atoms with Crippen molar-refractivity contribution < 1.29 is 9.53 Å². The molecule has 2 heterocycles. The van der Waals surface area contributed by atoms with Crippen molar-refractivity contribution in [1.29, 1.82) is 0 Å². The molecule has 2 aromatic rings. The van der Waals surface area contributed by atoms with E-state index >= 15 is 0 Å². The number of thioether (sulfide) groups is 1. The van der Waals surface area contributed by atoms with Crippen LogP contribution in [0.1, 0.15) is 16.4 Å². The number of nitrogens with two attached hydrogens (primary N) is 1. The number of primary amides is 1. The molecule has 1 amide bonds. The first-order valence-electron chi connectivity index (χ1n) is 6.39. The normalized spacial score (nSPS) is 20.8. The number of aromatic amines is 1. The molecule has 0 fully saturated rings. The second kappa shape index (κ2) is 5.57. The topological polar surface area (TPSA) is 85.2 Å². The number of H-pyrrole nitrogens is 1. The Bertz CT molecular complexity index is 721. The summed E-state index contributed by atoms with van der Waals surface area (Å²) in [6, 6.07) is 7.54. The Morgan fingerprint density at radius 1 is 1.38 bits per heavy atom. The molecule has 0 unspecified atom stereocenters. The maximum atomic E-state index is 11.8. The first-order chi connectivity index (χ1) is 10.1. The largest absolute Gasteiger partial charge is 0.497 e. The van der Waals surface area contributed by atoms with Crippen molar-refractivity contribution in [2.45, 2.75) is 10.9 Å². The van der Waals surface area contributed by atoms with Crippen molar-refractivity contribution in [3.63, 3.8) is 0 Å². The molecule has 1 aromatic carbocycles. The van der Waals surface area contributed by atoms with Gasteiger partial charge in [-0.1, -0.05) is 23.5 Å². The summed E-state index contributed by atoms with van der Waals surface area (Å²) in [6.07, 6.45) is 0. The van der Waals surface area contributed by atoms with Crippen LogP contribution in [-0.2, 0) is 4.79 Å². The maximum absolute atomic E-state index is 11.8. The van der Waals surface area contributed by atoms with E-state index in [-0.39, 0.29) is 22.6 Å². The van der Waals surface area contributed by atoms with E-state index in [0.717, 1.165) is 32.6 Å². The Balaban J connectivity index is 2.09. The van der Waals surface area contributed by atoms with Gasteiger partial charge in [0.25, 0.3) is 0 Å². The molecule has 7 heteroatoms. The molecule has 0 bridgehead atoms. The lowest BCUT2D eigenvalue weighted by Gasteiger charge is -2.28. The van der Waals surface area contributed by atoms with Gasteiger partial charge in [0, 0.05) is 16.5 Å². The molecule has 3 N–H and O–H groups in total. The zero-order valence-corrected chi connectivity index (χ0v) is 12.9. The van der Waals surface area contributed by atoms with Crippen LogP contribution in [0, 0.1) is 5.92 Å². The minimum absolute atomic E-state index is 0.101. The van der Waals surface area contributed by atoms with E-state index in [9.17, 15) is 9.59 Å². The summed E-state index contributed by atoms with van der Waals surface area (Å²) in [6.45, 7) is 0. The molecule has 110 valence electrons. The van der Waals surface area contributed by atoms with Gasteiger partial charge in [0.2, 0.25) is 5.91 Å². The Kier molecular flexibility index (Phi) is 3.77. The number of hydrogen-bond acceptors (Lipinski definition) is 5. The highest BCUT2D eigenvalue weighted by atomic mass is 32.2. The van der Waals surface area contributed by atoms with Crippen LogP contribution in [0.5, 0.6) is 5.75 Å². The monoisotopic (exact) mass is 322 g/mol. The number of carbonyl (C=O) groups excluding carboxylic acids is 1. The standard InChI is InChI=1S/C14H14N2O3S2/c1-19-8-4-2-7(3-5-8)10-9(12(15)17)6-20-13-11(10)21-14(18)16-13/h2-5,9-10H,6H2,1H3,(H2,15,17)(H,16,18)/t9-,10+/m1/s1. The van der Waals surface area contributed by atoms with Crippen molar-refractivity contribution >= 4 is 29.0 Å². The molecule has 1 aliphatic heterocycles. The third-order valence-electron chi connectivity index (χ3n) is 3.57. The van der Waals surface area contributed by atoms with Crippen molar-refractivity contribution in [3.8, 4) is 5.75 Å². The number of nitrogens with one attached hydrogen (secondary N) is 1. The Hall–Kier alpha value is -1.73. The average Bonchev–Trinajstić information content (AvgIpc) is 2.86. The number of carbonyl (C=O) groups is 1. The van der Waals surface area contributed by atoms with Crippen LogP contribution < -0.4 is 15.3 Å².